The van der Waals surface area contributed by atoms with Crippen molar-refractivity contribution in [2.45, 2.75) is 162 Å². The Labute approximate surface area is 345 Å². The van der Waals surface area contributed by atoms with E-state index in [0.29, 0.717) is 23.7 Å². The lowest BCUT2D eigenvalue weighted by atomic mass is 9.78. The Balaban J connectivity index is 0.000000218. The lowest BCUT2D eigenvalue weighted by Gasteiger charge is -2.26. The minimum atomic E-state index is -0.111. The lowest BCUT2D eigenvalue weighted by Crippen LogP contribution is -2.12. The standard InChI is InChI=1S/C28H35F.C27H33F/c1-3-5-6-8-22-11-16-25(17-12-22)26-18-13-23(14-19-26)9-10-24-15-20-27(7-4-2)28(29)21-24;1-3-5-7-21-10-15-24(16-11-21)25-17-12-22(13-18-25)8-9-23-14-19-26(6-4-2)27(28)20-23/h11-12,15-17,20-21,23,26H,3-8,13-14,18-19H2,1-2H3;10-11,14-16,19-20,22,25H,3-7,12-13,17-18H2,1-2H3. The highest BCUT2D eigenvalue weighted by molar-refractivity contribution is 5.39. The van der Waals surface area contributed by atoms with Crippen LogP contribution in [0, 0.1) is 47.2 Å². The van der Waals surface area contributed by atoms with Crippen LogP contribution >= 0.6 is 0 Å². The molecule has 2 fully saturated rings. The van der Waals surface area contributed by atoms with Crippen LogP contribution in [0.5, 0.6) is 0 Å². The van der Waals surface area contributed by atoms with E-state index < -0.39 is 0 Å². The van der Waals surface area contributed by atoms with E-state index in [4.69, 9.17) is 0 Å². The van der Waals surface area contributed by atoms with Crippen molar-refractivity contribution in [2.75, 3.05) is 0 Å². The van der Waals surface area contributed by atoms with Gasteiger partial charge in [0, 0.05) is 23.0 Å². The fourth-order valence-corrected chi connectivity index (χ4v) is 8.58. The molecule has 4 aromatic rings. The van der Waals surface area contributed by atoms with E-state index >= 15 is 0 Å². The van der Waals surface area contributed by atoms with Crippen molar-refractivity contribution >= 4 is 0 Å². The highest BCUT2D eigenvalue weighted by Crippen LogP contribution is 2.37. The molecule has 0 nitrogen and oxygen atoms in total. The van der Waals surface area contributed by atoms with Crippen molar-refractivity contribution in [3.8, 4) is 23.7 Å². The van der Waals surface area contributed by atoms with Gasteiger partial charge in [0.2, 0.25) is 0 Å². The van der Waals surface area contributed by atoms with E-state index in [0.717, 1.165) is 73.6 Å². The van der Waals surface area contributed by atoms with E-state index in [2.05, 4.69) is 99.9 Å². The quantitative estimate of drug-likeness (QED) is 0.0939. The van der Waals surface area contributed by atoms with Gasteiger partial charge in [-0.15, -0.1) is 0 Å². The van der Waals surface area contributed by atoms with Crippen molar-refractivity contribution in [2.24, 2.45) is 11.8 Å². The van der Waals surface area contributed by atoms with Gasteiger partial charge in [-0.1, -0.05) is 144 Å². The van der Waals surface area contributed by atoms with Crippen LogP contribution < -0.4 is 0 Å². The number of rotatable bonds is 13. The normalized spacial score (nSPS) is 19.0. The molecule has 0 atom stereocenters. The Morgan fingerprint density at radius 2 is 0.842 bits per heavy atom. The molecule has 0 aromatic heterocycles. The molecule has 302 valence electrons. The fourth-order valence-electron chi connectivity index (χ4n) is 8.58. The monoisotopic (exact) mass is 767 g/mol. The van der Waals surface area contributed by atoms with Gasteiger partial charge in [-0.25, -0.2) is 8.78 Å². The van der Waals surface area contributed by atoms with Gasteiger partial charge in [0.1, 0.15) is 11.6 Å². The topological polar surface area (TPSA) is 0 Å². The summed E-state index contributed by atoms with van der Waals surface area (Å²) in [5.41, 5.74) is 9.13. The zero-order chi connectivity index (χ0) is 40.2. The number of halogens is 2. The van der Waals surface area contributed by atoms with Gasteiger partial charge in [0.05, 0.1) is 0 Å². The van der Waals surface area contributed by atoms with Crippen molar-refractivity contribution in [1.29, 1.82) is 0 Å². The second-order valence-corrected chi connectivity index (χ2v) is 16.8. The van der Waals surface area contributed by atoms with Crippen LogP contribution in [0.4, 0.5) is 8.78 Å². The first kappa shape index (κ1) is 44.0. The van der Waals surface area contributed by atoms with E-state index in [1.807, 2.05) is 24.3 Å². The minimum Gasteiger partial charge on any atom is -0.207 e. The summed E-state index contributed by atoms with van der Waals surface area (Å²) >= 11 is 0. The molecule has 2 aliphatic rings. The third kappa shape index (κ3) is 14.3. The van der Waals surface area contributed by atoms with Crippen LogP contribution in [0.3, 0.4) is 0 Å². The number of hydrogen-bond acceptors (Lipinski definition) is 0. The second kappa shape index (κ2) is 23.9. The summed E-state index contributed by atoms with van der Waals surface area (Å²) in [5, 5.41) is 0. The molecule has 0 saturated heterocycles. The number of unbranched alkanes of at least 4 members (excludes halogenated alkanes) is 3. The highest BCUT2D eigenvalue weighted by atomic mass is 19.1. The average Bonchev–Trinajstić information content (AvgIpc) is 3.24. The van der Waals surface area contributed by atoms with Gasteiger partial charge in [-0.2, -0.15) is 0 Å². The summed E-state index contributed by atoms with van der Waals surface area (Å²) in [6.07, 6.45) is 21.7. The maximum Gasteiger partial charge on any atom is 0.127 e. The molecular formula is C55H68F2. The summed E-state index contributed by atoms with van der Waals surface area (Å²) < 4.78 is 28.2. The van der Waals surface area contributed by atoms with Gasteiger partial charge in [0.25, 0.3) is 0 Å². The summed E-state index contributed by atoms with van der Waals surface area (Å²) in [6, 6.07) is 29.6. The average molecular weight is 767 g/mol. The molecule has 0 spiro atoms. The Morgan fingerprint density at radius 3 is 1.21 bits per heavy atom. The molecule has 0 radical (unpaired) electrons. The van der Waals surface area contributed by atoms with E-state index in [1.165, 1.54) is 92.9 Å². The third-order valence-corrected chi connectivity index (χ3v) is 12.2. The Bertz CT molecular complexity index is 1900. The Hall–Kier alpha value is -4.14. The Kier molecular flexibility index (Phi) is 18.5. The zero-order valence-corrected chi connectivity index (χ0v) is 35.6. The van der Waals surface area contributed by atoms with Crippen molar-refractivity contribution in [1.82, 2.24) is 0 Å². The van der Waals surface area contributed by atoms with Crippen LogP contribution in [0.1, 0.15) is 180 Å². The maximum absolute atomic E-state index is 14.1. The molecule has 2 heteroatoms. The van der Waals surface area contributed by atoms with E-state index in [1.54, 1.807) is 12.1 Å². The molecule has 0 N–H and O–H groups in total. The molecule has 0 unspecified atom stereocenters. The van der Waals surface area contributed by atoms with Crippen LogP contribution in [0.25, 0.3) is 0 Å². The first-order valence-corrected chi connectivity index (χ1v) is 22.7. The molecule has 0 aliphatic heterocycles. The second-order valence-electron chi connectivity index (χ2n) is 16.8. The number of hydrogen-bond donors (Lipinski definition) is 0. The van der Waals surface area contributed by atoms with Crippen LogP contribution in [-0.2, 0) is 25.7 Å². The summed E-state index contributed by atoms with van der Waals surface area (Å²) in [7, 11) is 0. The van der Waals surface area contributed by atoms with Gasteiger partial charge >= 0.3 is 0 Å². The molecule has 0 heterocycles. The minimum absolute atomic E-state index is 0.111. The van der Waals surface area contributed by atoms with Gasteiger partial charge in [-0.05, 0) is 159 Å². The molecular weight excluding hydrogens is 699 g/mol. The maximum atomic E-state index is 14.1. The summed E-state index contributed by atoms with van der Waals surface area (Å²) in [4.78, 5) is 0. The van der Waals surface area contributed by atoms with Gasteiger partial charge in [0.15, 0.2) is 0 Å². The molecule has 2 saturated carbocycles. The Morgan fingerprint density at radius 1 is 0.439 bits per heavy atom. The fraction of sp³-hybridized carbons (Fsp3) is 0.491. The van der Waals surface area contributed by atoms with Crippen LogP contribution in [-0.4, -0.2) is 0 Å². The molecule has 4 aromatic carbocycles. The molecule has 57 heavy (non-hydrogen) atoms. The smallest absolute Gasteiger partial charge is 0.127 e. The molecule has 0 amide bonds. The van der Waals surface area contributed by atoms with Crippen LogP contribution in [0.15, 0.2) is 84.9 Å². The lowest BCUT2D eigenvalue weighted by molar-refractivity contribution is 0.384. The highest BCUT2D eigenvalue weighted by Gasteiger charge is 2.22. The molecule has 6 rings (SSSR count). The number of aryl methyl sites for hydroxylation is 4. The summed E-state index contributed by atoms with van der Waals surface area (Å²) in [6.45, 7) is 8.65. The van der Waals surface area contributed by atoms with Crippen molar-refractivity contribution in [3.63, 3.8) is 0 Å². The molecule has 0 bridgehead atoms. The van der Waals surface area contributed by atoms with Crippen molar-refractivity contribution < 1.29 is 8.78 Å². The summed E-state index contributed by atoms with van der Waals surface area (Å²) in [5.74, 6) is 15.3. The first-order chi connectivity index (χ1) is 27.9. The van der Waals surface area contributed by atoms with Gasteiger partial charge < -0.3 is 0 Å². The third-order valence-electron chi connectivity index (χ3n) is 12.2. The van der Waals surface area contributed by atoms with Crippen LogP contribution in [0.2, 0.25) is 0 Å². The predicted octanol–water partition coefficient (Wildman–Crippen LogP) is 15.3. The predicted molar refractivity (Wildman–Crippen MR) is 239 cm³/mol. The number of benzene rings is 4. The van der Waals surface area contributed by atoms with Gasteiger partial charge in [-0.3, -0.25) is 0 Å². The SMILES string of the molecule is CCCCCc1ccc(C2CCC(C#Cc3ccc(CCC)c(F)c3)CC2)cc1.CCCCc1ccc(C2CCC(C#Cc3ccc(CCC)c(F)c3)CC2)cc1. The first-order valence-electron chi connectivity index (χ1n) is 22.7. The van der Waals surface area contributed by atoms with Crippen molar-refractivity contribution in [3.05, 3.63) is 141 Å². The molecule has 2 aliphatic carbocycles. The van der Waals surface area contributed by atoms with E-state index in [9.17, 15) is 8.78 Å². The van der Waals surface area contributed by atoms with E-state index in [-0.39, 0.29) is 11.6 Å². The zero-order valence-electron chi connectivity index (χ0n) is 35.6. The largest absolute Gasteiger partial charge is 0.207 e.